The fraction of sp³-hybridized carbons (Fsp3) is 0.409. The Labute approximate surface area is 165 Å². The Kier molecular flexibility index (Phi) is 5.28. The number of fused-ring (bicyclic) bond motifs is 1. The van der Waals surface area contributed by atoms with Crippen molar-refractivity contribution in [3.8, 4) is 0 Å². The van der Waals surface area contributed by atoms with Gasteiger partial charge in [0.25, 0.3) is 5.91 Å². The molecule has 146 valence electrons. The number of hydrogen-bond donors (Lipinski definition) is 2. The van der Waals surface area contributed by atoms with Gasteiger partial charge in [-0.05, 0) is 50.2 Å². The molecule has 1 fully saturated rings. The van der Waals surface area contributed by atoms with Gasteiger partial charge in [0.15, 0.2) is 0 Å². The predicted molar refractivity (Wildman–Crippen MR) is 109 cm³/mol. The summed E-state index contributed by atoms with van der Waals surface area (Å²) in [6, 6.07) is 12.1. The molecule has 1 unspecified atom stereocenters. The number of aryl methyl sites for hydroxylation is 1. The van der Waals surface area contributed by atoms with Crippen LogP contribution in [0.2, 0.25) is 0 Å². The van der Waals surface area contributed by atoms with Crippen molar-refractivity contribution in [3.63, 3.8) is 0 Å². The van der Waals surface area contributed by atoms with Crippen LogP contribution >= 0.6 is 0 Å². The number of amides is 2. The van der Waals surface area contributed by atoms with Crippen molar-refractivity contribution in [3.05, 3.63) is 53.7 Å². The molecule has 6 nitrogen and oxygen atoms in total. The minimum atomic E-state index is -0.153. The second kappa shape index (κ2) is 8.00. The topological polar surface area (TPSA) is 74.3 Å². The second-order valence-corrected chi connectivity index (χ2v) is 7.79. The quantitative estimate of drug-likeness (QED) is 0.777. The molecule has 1 aliphatic heterocycles. The number of aromatic nitrogens is 1. The molecule has 2 heterocycles. The number of hydrogen-bond acceptors (Lipinski definition) is 4. The smallest absolute Gasteiger partial charge is 0.253 e. The van der Waals surface area contributed by atoms with Crippen molar-refractivity contribution in [2.75, 3.05) is 23.3 Å². The zero-order valence-electron chi connectivity index (χ0n) is 16.1. The van der Waals surface area contributed by atoms with E-state index in [2.05, 4.69) is 27.8 Å². The Bertz CT molecular complexity index is 864. The van der Waals surface area contributed by atoms with Crippen LogP contribution in [-0.2, 0) is 11.2 Å². The summed E-state index contributed by atoms with van der Waals surface area (Å²) in [5.41, 5.74) is 2.47. The van der Waals surface area contributed by atoms with E-state index in [0.717, 1.165) is 12.8 Å². The first-order valence-corrected chi connectivity index (χ1v) is 9.99. The molecule has 0 radical (unpaired) electrons. The van der Waals surface area contributed by atoms with Crippen molar-refractivity contribution in [2.24, 2.45) is 5.92 Å². The maximum absolute atomic E-state index is 12.7. The van der Waals surface area contributed by atoms with Crippen LogP contribution in [0.15, 0.2) is 42.6 Å². The van der Waals surface area contributed by atoms with Crippen molar-refractivity contribution in [1.29, 1.82) is 0 Å². The van der Waals surface area contributed by atoms with Crippen LogP contribution < -0.4 is 15.5 Å². The lowest BCUT2D eigenvalue weighted by molar-refractivity contribution is -0.117. The minimum Gasteiger partial charge on any atom is -0.359 e. The second-order valence-electron chi connectivity index (χ2n) is 7.79. The summed E-state index contributed by atoms with van der Waals surface area (Å²) in [5, 5.41) is 6.10. The van der Waals surface area contributed by atoms with E-state index >= 15 is 0 Å². The third kappa shape index (κ3) is 4.32. The lowest BCUT2D eigenvalue weighted by atomic mass is 10.1. The number of rotatable bonds is 7. The van der Waals surface area contributed by atoms with E-state index in [1.54, 1.807) is 17.2 Å². The molecule has 28 heavy (non-hydrogen) atoms. The summed E-state index contributed by atoms with van der Waals surface area (Å²) in [6.07, 6.45) is 5.69. The van der Waals surface area contributed by atoms with Crippen LogP contribution in [-0.4, -0.2) is 35.9 Å². The van der Waals surface area contributed by atoms with E-state index in [0.29, 0.717) is 29.5 Å². The first-order chi connectivity index (χ1) is 13.6. The zero-order chi connectivity index (χ0) is 19.5. The summed E-state index contributed by atoms with van der Waals surface area (Å²) in [4.78, 5) is 31.2. The Morgan fingerprint density at radius 2 is 2.11 bits per heavy atom. The number of pyridine rings is 1. The highest BCUT2D eigenvalue weighted by atomic mass is 16.2. The highest BCUT2D eigenvalue weighted by molar-refractivity contribution is 6.04. The number of benzene rings is 1. The average molecular weight is 378 g/mol. The molecule has 1 aromatic heterocycles. The van der Waals surface area contributed by atoms with Crippen LogP contribution in [0.3, 0.4) is 0 Å². The van der Waals surface area contributed by atoms with E-state index in [4.69, 9.17) is 0 Å². The highest BCUT2D eigenvalue weighted by Crippen LogP contribution is 2.35. The van der Waals surface area contributed by atoms with Gasteiger partial charge in [-0.2, -0.15) is 0 Å². The van der Waals surface area contributed by atoms with Crippen molar-refractivity contribution in [1.82, 2.24) is 10.3 Å². The van der Waals surface area contributed by atoms with Gasteiger partial charge < -0.3 is 15.5 Å². The van der Waals surface area contributed by atoms with E-state index in [9.17, 15) is 9.59 Å². The lowest BCUT2D eigenvalue weighted by Gasteiger charge is -2.29. The summed E-state index contributed by atoms with van der Waals surface area (Å²) < 4.78 is 0. The molecule has 1 aliphatic carbocycles. The van der Waals surface area contributed by atoms with Gasteiger partial charge in [-0.15, -0.1) is 0 Å². The number of carbonyl (C=O) groups is 2. The van der Waals surface area contributed by atoms with Crippen molar-refractivity contribution < 1.29 is 9.59 Å². The van der Waals surface area contributed by atoms with Crippen LogP contribution in [0.25, 0.3) is 0 Å². The highest BCUT2D eigenvalue weighted by Gasteiger charge is 2.32. The van der Waals surface area contributed by atoms with Gasteiger partial charge in [0, 0.05) is 18.8 Å². The number of anilines is 2. The molecule has 2 N–H and O–H groups in total. The number of carbonyl (C=O) groups excluding carboxylic acids is 2. The molecule has 4 rings (SSSR count). The Morgan fingerprint density at radius 1 is 1.32 bits per heavy atom. The predicted octanol–water partition coefficient (Wildman–Crippen LogP) is 3.00. The van der Waals surface area contributed by atoms with Crippen LogP contribution in [0.1, 0.15) is 42.1 Å². The molecule has 6 heteroatoms. The van der Waals surface area contributed by atoms with Gasteiger partial charge in [0.1, 0.15) is 5.82 Å². The SMILES string of the molecule is CC(CCc1ccccc1)NC(=O)c1cnc2c(c1)N(CC1CC1)C(=O)CN2. The molecule has 1 saturated carbocycles. The van der Waals surface area contributed by atoms with Gasteiger partial charge in [0.05, 0.1) is 17.8 Å². The van der Waals surface area contributed by atoms with Crippen molar-refractivity contribution >= 4 is 23.3 Å². The molecule has 0 saturated heterocycles. The lowest BCUT2D eigenvalue weighted by Crippen LogP contribution is -2.42. The minimum absolute atomic E-state index is 0.0370. The standard InChI is InChI=1S/C22H26N4O2/c1-15(7-8-16-5-3-2-4-6-16)25-22(28)18-11-19-21(23-12-18)24-13-20(27)26(19)14-17-9-10-17/h2-6,11-12,15,17H,7-10,13-14H2,1H3,(H,23,24)(H,25,28). The molecular weight excluding hydrogens is 352 g/mol. The van der Waals surface area contributed by atoms with Gasteiger partial charge in [-0.25, -0.2) is 4.98 Å². The maximum atomic E-state index is 12.7. The van der Waals surface area contributed by atoms with Gasteiger partial charge in [-0.1, -0.05) is 30.3 Å². The molecule has 2 aromatic rings. The van der Waals surface area contributed by atoms with Crippen LogP contribution in [0, 0.1) is 5.92 Å². The third-order valence-electron chi connectivity index (χ3n) is 5.35. The molecule has 0 spiro atoms. The summed E-state index contributed by atoms with van der Waals surface area (Å²) in [5.74, 6) is 1.13. The molecule has 1 aromatic carbocycles. The molecule has 1 atom stereocenters. The van der Waals surface area contributed by atoms with Gasteiger partial charge in [-0.3, -0.25) is 9.59 Å². The first-order valence-electron chi connectivity index (χ1n) is 9.99. The average Bonchev–Trinajstić information content (AvgIpc) is 3.53. The first kappa shape index (κ1) is 18.5. The third-order valence-corrected chi connectivity index (χ3v) is 5.35. The van der Waals surface area contributed by atoms with E-state index < -0.39 is 0 Å². The van der Waals surface area contributed by atoms with E-state index in [-0.39, 0.29) is 24.4 Å². The van der Waals surface area contributed by atoms with E-state index in [1.807, 2.05) is 25.1 Å². The summed E-state index contributed by atoms with van der Waals surface area (Å²) in [6.45, 7) is 2.99. The maximum Gasteiger partial charge on any atom is 0.253 e. The van der Waals surface area contributed by atoms with Crippen LogP contribution in [0.4, 0.5) is 11.5 Å². The fourth-order valence-corrected chi connectivity index (χ4v) is 3.47. The molecule has 2 aliphatic rings. The molecular formula is C22H26N4O2. The monoisotopic (exact) mass is 378 g/mol. The Hall–Kier alpha value is -2.89. The summed E-state index contributed by atoms with van der Waals surface area (Å²) in [7, 11) is 0. The number of nitrogens with one attached hydrogen (secondary N) is 2. The Balaban J connectivity index is 1.41. The largest absolute Gasteiger partial charge is 0.359 e. The fourth-order valence-electron chi connectivity index (χ4n) is 3.47. The summed E-state index contributed by atoms with van der Waals surface area (Å²) >= 11 is 0. The van der Waals surface area contributed by atoms with Crippen molar-refractivity contribution in [2.45, 2.75) is 38.6 Å². The molecule has 2 amide bonds. The van der Waals surface area contributed by atoms with Gasteiger partial charge in [0.2, 0.25) is 5.91 Å². The normalized spacial score (nSPS) is 16.9. The zero-order valence-corrected chi connectivity index (χ0v) is 16.1. The Morgan fingerprint density at radius 3 is 2.86 bits per heavy atom. The molecule has 0 bridgehead atoms. The van der Waals surface area contributed by atoms with Crippen LogP contribution in [0.5, 0.6) is 0 Å². The number of nitrogens with zero attached hydrogens (tertiary/aromatic N) is 2. The van der Waals surface area contributed by atoms with E-state index in [1.165, 1.54) is 18.4 Å². The van der Waals surface area contributed by atoms with Gasteiger partial charge >= 0.3 is 0 Å².